The fourth-order valence-electron chi connectivity index (χ4n) is 5.12. The third kappa shape index (κ3) is 4.71. The SMILES string of the molecule is [B]C1(c2cc(F)ccc2Cl)NC(=O)c2cc(-c3ccc4ncnn4c3C#N)cc(NC(=O)c3cc(F)cc(C(F)(F)F)c3)c21. The van der Waals surface area contributed by atoms with Crippen molar-refractivity contribution < 1.29 is 31.5 Å². The molecule has 1 unspecified atom stereocenters. The molecule has 1 aliphatic heterocycles. The molecule has 0 spiro atoms. The van der Waals surface area contributed by atoms with Crippen LogP contribution < -0.4 is 10.6 Å². The molecule has 3 heterocycles. The minimum atomic E-state index is -4.96. The van der Waals surface area contributed by atoms with Gasteiger partial charge in [0.2, 0.25) is 0 Å². The van der Waals surface area contributed by atoms with Gasteiger partial charge in [0.1, 0.15) is 31.9 Å². The van der Waals surface area contributed by atoms with Crippen LogP contribution in [-0.2, 0) is 11.6 Å². The molecule has 2 amide bonds. The maximum absolute atomic E-state index is 14.3. The molecule has 8 nitrogen and oxygen atoms in total. The number of anilines is 1. The number of benzene rings is 3. The van der Waals surface area contributed by atoms with Crippen LogP contribution in [0.4, 0.5) is 27.6 Å². The summed E-state index contributed by atoms with van der Waals surface area (Å²) in [5, 5.41) is 18.9. The lowest BCUT2D eigenvalue weighted by Crippen LogP contribution is -2.41. The number of alkyl halides is 3. The summed E-state index contributed by atoms with van der Waals surface area (Å²) in [6, 6.07) is 12.3. The van der Waals surface area contributed by atoms with Gasteiger partial charge in [-0.3, -0.25) is 9.59 Å². The number of nitrogens with one attached hydrogen (secondary N) is 2. The number of carbonyl (C=O) groups is 2. The molecule has 0 aliphatic carbocycles. The second-order valence-electron chi connectivity index (χ2n) is 9.75. The van der Waals surface area contributed by atoms with Crippen LogP contribution in [0, 0.1) is 23.0 Å². The molecule has 0 saturated carbocycles. The minimum absolute atomic E-state index is 0.00256. The molecule has 44 heavy (non-hydrogen) atoms. The minimum Gasteiger partial charge on any atom is -0.347 e. The van der Waals surface area contributed by atoms with Crippen LogP contribution >= 0.6 is 11.6 Å². The van der Waals surface area contributed by atoms with E-state index in [1.54, 1.807) is 6.07 Å². The van der Waals surface area contributed by atoms with Crippen LogP contribution in [0.3, 0.4) is 0 Å². The van der Waals surface area contributed by atoms with Crippen molar-refractivity contribution in [1.82, 2.24) is 19.9 Å². The number of halogens is 6. The summed E-state index contributed by atoms with van der Waals surface area (Å²) in [6.07, 6.45) is -3.73. The second-order valence-corrected chi connectivity index (χ2v) is 10.2. The zero-order chi connectivity index (χ0) is 31.6. The van der Waals surface area contributed by atoms with Crippen LogP contribution in [0.2, 0.25) is 5.02 Å². The number of aromatic nitrogens is 3. The van der Waals surface area contributed by atoms with Crippen LogP contribution in [0.25, 0.3) is 16.8 Å². The van der Waals surface area contributed by atoms with Gasteiger partial charge in [-0.2, -0.15) is 23.5 Å². The number of hydrogen-bond donors (Lipinski definition) is 2. The molecule has 2 aromatic heterocycles. The van der Waals surface area contributed by atoms with Crippen molar-refractivity contribution in [3.8, 4) is 17.2 Å². The van der Waals surface area contributed by atoms with Gasteiger partial charge in [-0.15, -0.1) is 0 Å². The fraction of sp³-hybridized carbons (Fsp3) is 0.0690. The quantitative estimate of drug-likeness (QED) is 0.202. The first-order chi connectivity index (χ1) is 20.8. The van der Waals surface area contributed by atoms with Gasteiger partial charge in [-0.1, -0.05) is 11.6 Å². The number of pyridine rings is 1. The predicted molar refractivity (Wildman–Crippen MR) is 148 cm³/mol. The van der Waals surface area contributed by atoms with E-state index < -0.39 is 46.2 Å². The van der Waals surface area contributed by atoms with Gasteiger partial charge in [0.15, 0.2) is 11.3 Å². The molecular weight excluding hydrogens is 606 g/mol. The summed E-state index contributed by atoms with van der Waals surface area (Å²) < 4.78 is 69.9. The maximum atomic E-state index is 14.3. The van der Waals surface area contributed by atoms with Crippen molar-refractivity contribution in [3.63, 3.8) is 0 Å². The fourth-order valence-corrected chi connectivity index (χ4v) is 5.38. The Kier molecular flexibility index (Phi) is 6.66. The molecule has 3 aromatic carbocycles. The summed E-state index contributed by atoms with van der Waals surface area (Å²) in [4.78, 5) is 30.7. The van der Waals surface area contributed by atoms with E-state index in [9.17, 15) is 36.8 Å². The topological polar surface area (TPSA) is 112 Å². The number of hydrogen-bond acceptors (Lipinski definition) is 5. The van der Waals surface area contributed by atoms with E-state index in [1.165, 1.54) is 35.1 Å². The molecule has 0 bridgehead atoms. The normalized spacial score (nSPS) is 16.0. The molecular formula is C29H13BClF5N6O2. The van der Waals surface area contributed by atoms with Gasteiger partial charge in [0.05, 0.1) is 11.0 Å². The van der Waals surface area contributed by atoms with Crippen LogP contribution in [0.5, 0.6) is 0 Å². The monoisotopic (exact) mass is 618 g/mol. The molecule has 1 aliphatic rings. The van der Waals surface area contributed by atoms with Crippen LogP contribution in [0.1, 0.15) is 43.1 Å². The van der Waals surface area contributed by atoms with Crippen molar-refractivity contribution >= 4 is 42.6 Å². The Morgan fingerprint density at radius 2 is 1.82 bits per heavy atom. The van der Waals surface area contributed by atoms with Gasteiger partial charge >= 0.3 is 6.18 Å². The number of rotatable bonds is 4. The van der Waals surface area contributed by atoms with Crippen LogP contribution in [0.15, 0.2) is 67.0 Å². The Hall–Kier alpha value is -5.29. The number of nitrogens with zero attached hydrogens (tertiary/aromatic N) is 4. The van der Waals surface area contributed by atoms with Gasteiger partial charge in [-0.05, 0) is 71.8 Å². The lowest BCUT2D eigenvalue weighted by Gasteiger charge is -2.30. The molecule has 2 radical (unpaired) electrons. The predicted octanol–water partition coefficient (Wildman–Crippen LogP) is 5.58. The summed E-state index contributed by atoms with van der Waals surface area (Å²) in [7, 11) is 6.66. The summed E-state index contributed by atoms with van der Waals surface area (Å²) in [5.41, 5.74) is -3.93. The van der Waals surface area contributed by atoms with Crippen LogP contribution in [-0.4, -0.2) is 34.3 Å². The van der Waals surface area contributed by atoms with Gasteiger partial charge in [-0.25, -0.2) is 18.3 Å². The highest BCUT2D eigenvalue weighted by Crippen LogP contribution is 2.44. The molecule has 0 saturated heterocycles. The largest absolute Gasteiger partial charge is 0.416 e. The number of carbonyl (C=O) groups excluding carboxylic acids is 2. The molecule has 2 N–H and O–H groups in total. The molecule has 216 valence electrons. The standard InChI is InChI=1S/C29H13BClF5N6O2/c30-28(20-10-16(32)1-3-21(20)31)25-19(27(44)41-28)7-13(18-2-4-24-38-12-39-42(24)23(18)11-37)8-22(25)40-26(43)14-5-15(29(34,35)36)9-17(33)6-14/h1-10,12H,(H,40,43)(H,41,44). The van der Waals surface area contributed by atoms with E-state index in [-0.39, 0.29) is 50.3 Å². The maximum Gasteiger partial charge on any atom is 0.416 e. The van der Waals surface area contributed by atoms with Gasteiger partial charge < -0.3 is 10.6 Å². The Morgan fingerprint density at radius 1 is 1.05 bits per heavy atom. The zero-order valence-electron chi connectivity index (χ0n) is 21.8. The van der Waals surface area contributed by atoms with Crippen molar-refractivity contribution in [3.05, 3.63) is 117 Å². The average Bonchev–Trinajstić information content (AvgIpc) is 3.55. The lowest BCUT2D eigenvalue weighted by molar-refractivity contribution is -0.137. The Morgan fingerprint density at radius 3 is 2.55 bits per heavy atom. The van der Waals surface area contributed by atoms with E-state index >= 15 is 0 Å². The first-order valence-electron chi connectivity index (χ1n) is 12.5. The average molecular weight is 619 g/mol. The summed E-state index contributed by atoms with van der Waals surface area (Å²) in [5.74, 6) is -4.03. The van der Waals surface area contributed by atoms with Crippen molar-refractivity contribution in [2.24, 2.45) is 0 Å². The third-order valence-corrected chi connectivity index (χ3v) is 7.36. The smallest absolute Gasteiger partial charge is 0.347 e. The molecule has 1 atom stereocenters. The van der Waals surface area contributed by atoms with E-state index in [2.05, 4.69) is 20.7 Å². The summed E-state index contributed by atoms with van der Waals surface area (Å²) in [6.45, 7) is 0. The molecule has 6 rings (SSSR count). The number of nitriles is 1. The Balaban J connectivity index is 1.58. The highest BCUT2D eigenvalue weighted by Gasteiger charge is 2.44. The first-order valence-corrected chi connectivity index (χ1v) is 12.9. The Labute approximate surface area is 250 Å². The number of fused-ring (bicyclic) bond motifs is 2. The van der Waals surface area contributed by atoms with Crippen molar-refractivity contribution in [1.29, 1.82) is 5.26 Å². The first kappa shape index (κ1) is 28.8. The van der Waals surface area contributed by atoms with Crippen molar-refractivity contribution in [2.45, 2.75) is 11.6 Å². The molecule has 15 heteroatoms. The second kappa shape index (κ2) is 10.2. The Bertz CT molecular complexity index is 2090. The summed E-state index contributed by atoms with van der Waals surface area (Å²) >= 11 is 6.34. The van der Waals surface area contributed by atoms with E-state index in [0.29, 0.717) is 17.8 Å². The molecule has 0 fully saturated rings. The van der Waals surface area contributed by atoms with Crippen molar-refractivity contribution in [2.75, 3.05) is 5.32 Å². The van der Waals surface area contributed by atoms with Gasteiger partial charge in [0, 0.05) is 33.0 Å². The van der Waals surface area contributed by atoms with E-state index in [4.69, 9.17) is 19.4 Å². The van der Waals surface area contributed by atoms with Gasteiger partial charge in [0.25, 0.3) is 11.8 Å². The van der Waals surface area contributed by atoms with E-state index in [0.717, 1.165) is 12.1 Å². The highest BCUT2D eigenvalue weighted by molar-refractivity contribution is 6.34. The number of amides is 2. The third-order valence-electron chi connectivity index (χ3n) is 7.03. The van der Waals surface area contributed by atoms with E-state index in [1.807, 2.05) is 6.07 Å². The molecule has 5 aromatic rings. The lowest BCUT2D eigenvalue weighted by atomic mass is 9.67. The zero-order valence-corrected chi connectivity index (χ0v) is 22.6. The highest BCUT2D eigenvalue weighted by atomic mass is 35.5.